The summed E-state index contributed by atoms with van der Waals surface area (Å²) in [6, 6.07) is 12.5. The standard InChI is InChI=1S/C22H22N4O3/c1-4-29-21(28)16-8-10-18(11-9-16)25-20(27)17-12-23-22(24-13-17)26-19-14(2)6-5-7-15(19)3/h5-13H,4H2,1-3H3,(H,25,27)(H,23,24,26). The highest BCUT2D eigenvalue weighted by Crippen LogP contribution is 2.22. The molecule has 1 aromatic heterocycles. The quantitative estimate of drug-likeness (QED) is 0.611. The Labute approximate surface area is 169 Å². The first-order valence-electron chi connectivity index (χ1n) is 9.21. The zero-order valence-electron chi connectivity index (χ0n) is 16.5. The van der Waals surface area contributed by atoms with Gasteiger partial charge in [-0.2, -0.15) is 0 Å². The van der Waals surface area contributed by atoms with Gasteiger partial charge in [0.25, 0.3) is 5.91 Å². The number of benzene rings is 2. The van der Waals surface area contributed by atoms with Crippen LogP contribution in [-0.4, -0.2) is 28.5 Å². The normalized spacial score (nSPS) is 10.3. The van der Waals surface area contributed by atoms with Gasteiger partial charge in [-0.1, -0.05) is 18.2 Å². The molecule has 0 unspecified atom stereocenters. The minimum Gasteiger partial charge on any atom is -0.462 e. The van der Waals surface area contributed by atoms with Crippen LogP contribution in [0.2, 0.25) is 0 Å². The van der Waals surface area contributed by atoms with Crippen molar-refractivity contribution in [1.82, 2.24) is 9.97 Å². The number of para-hydroxylation sites is 1. The Kier molecular flexibility index (Phi) is 6.19. The molecule has 0 aliphatic carbocycles. The van der Waals surface area contributed by atoms with Crippen LogP contribution >= 0.6 is 0 Å². The van der Waals surface area contributed by atoms with Gasteiger partial charge in [-0.25, -0.2) is 14.8 Å². The molecule has 2 aromatic carbocycles. The third-order valence-electron chi connectivity index (χ3n) is 4.29. The van der Waals surface area contributed by atoms with Crippen LogP contribution in [0.15, 0.2) is 54.9 Å². The number of aromatic nitrogens is 2. The van der Waals surface area contributed by atoms with Gasteiger partial charge in [0, 0.05) is 23.8 Å². The molecule has 148 valence electrons. The van der Waals surface area contributed by atoms with Crippen molar-refractivity contribution in [2.45, 2.75) is 20.8 Å². The third-order valence-corrected chi connectivity index (χ3v) is 4.29. The fraction of sp³-hybridized carbons (Fsp3) is 0.182. The molecule has 29 heavy (non-hydrogen) atoms. The maximum atomic E-state index is 12.4. The van der Waals surface area contributed by atoms with Gasteiger partial charge >= 0.3 is 5.97 Å². The smallest absolute Gasteiger partial charge is 0.338 e. The molecule has 7 heteroatoms. The van der Waals surface area contributed by atoms with E-state index in [2.05, 4.69) is 20.6 Å². The summed E-state index contributed by atoms with van der Waals surface area (Å²) in [6.45, 7) is 6.07. The second-order valence-electron chi connectivity index (χ2n) is 6.44. The summed E-state index contributed by atoms with van der Waals surface area (Å²) in [4.78, 5) is 32.5. The Hall–Kier alpha value is -3.74. The maximum absolute atomic E-state index is 12.4. The first-order valence-corrected chi connectivity index (χ1v) is 9.21. The SMILES string of the molecule is CCOC(=O)c1ccc(NC(=O)c2cnc(Nc3c(C)cccc3C)nc2)cc1. The fourth-order valence-corrected chi connectivity index (χ4v) is 2.74. The first kappa shape index (κ1) is 20.0. The molecule has 0 spiro atoms. The molecule has 0 aliphatic heterocycles. The fourth-order valence-electron chi connectivity index (χ4n) is 2.74. The molecule has 0 radical (unpaired) electrons. The summed E-state index contributed by atoms with van der Waals surface area (Å²) in [5, 5.41) is 5.94. The number of esters is 1. The van der Waals surface area contributed by atoms with Crippen LogP contribution in [0.3, 0.4) is 0 Å². The monoisotopic (exact) mass is 390 g/mol. The largest absolute Gasteiger partial charge is 0.462 e. The Morgan fingerprint density at radius 1 is 0.931 bits per heavy atom. The van der Waals surface area contributed by atoms with Gasteiger partial charge in [0.15, 0.2) is 0 Å². The molecule has 3 rings (SSSR count). The van der Waals surface area contributed by atoms with E-state index in [0.717, 1.165) is 16.8 Å². The minimum absolute atomic E-state index is 0.311. The molecule has 0 fully saturated rings. The number of amides is 1. The summed E-state index contributed by atoms with van der Waals surface area (Å²) < 4.78 is 4.94. The second kappa shape index (κ2) is 8.97. The van der Waals surface area contributed by atoms with Crippen molar-refractivity contribution in [3.8, 4) is 0 Å². The summed E-state index contributed by atoms with van der Waals surface area (Å²) in [5.41, 5.74) is 4.43. The molecule has 1 heterocycles. The molecule has 0 aliphatic rings. The summed E-state index contributed by atoms with van der Waals surface area (Å²) >= 11 is 0. The molecule has 0 saturated carbocycles. The topological polar surface area (TPSA) is 93.2 Å². The van der Waals surface area contributed by atoms with Crippen molar-refractivity contribution in [2.75, 3.05) is 17.2 Å². The Morgan fingerprint density at radius 3 is 2.14 bits per heavy atom. The number of aryl methyl sites for hydroxylation is 2. The average molecular weight is 390 g/mol. The average Bonchev–Trinajstić information content (AvgIpc) is 2.72. The van der Waals surface area contributed by atoms with E-state index < -0.39 is 5.97 Å². The van der Waals surface area contributed by atoms with Gasteiger partial charge in [-0.3, -0.25) is 4.79 Å². The van der Waals surface area contributed by atoms with Gasteiger partial charge in [0.05, 0.1) is 17.7 Å². The lowest BCUT2D eigenvalue weighted by Gasteiger charge is -2.11. The summed E-state index contributed by atoms with van der Waals surface area (Å²) in [6.07, 6.45) is 2.93. The second-order valence-corrected chi connectivity index (χ2v) is 6.44. The maximum Gasteiger partial charge on any atom is 0.338 e. The number of nitrogens with zero attached hydrogens (tertiary/aromatic N) is 2. The Balaban J connectivity index is 1.65. The van der Waals surface area contributed by atoms with E-state index >= 15 is 0 Å². The van der Waals surface area contributed by atoms with Crippen molar-refractivity contribution < 1.29 is 14.3 Å². The summed E-state index contributed by atoms with van der Waals surface area (Å²) in [5.74, 6) is -0.323. The molecule has 0 saturated heterocycles. The van der Waals surface area contributed by atoms with Gasteiger partial charge < -0.3 is 15.4 Å². The van der Waals surface area contributed by atoms with Crippen LogP contribution in [0.1, 0.15) is 38.8 Å². The molecule has 7 nitrogen and oxygen atoms in total. The van der Waals surface area contributed by atoms with Crippen LogP contribution in [0, 0.1) is 13.8 Å². The molecule has 3 aromatic rings. The first-order chi connectivity index (χ1) is 14.0. The van der Waals surface area contributed by atoms with Gasteiger partial charge in [-0.15, -0.1) is 0 Å². The molecular weight excluding hydrogens is 368 g/mol. The lowest BCUT2D eigenvalue weighted by molar-refractivity contribution is 0.0526. The van der Waals surface area contributed by atoms with E-state index in [9.17, 15) is 9.59 Å². The van der Waals surface area contributed by atoms with Crippen molar-refractivity contribution in [1.29, 1.82) is 0 Å². The predicted octanol–water partition coefficient (Wildman–Crippen LogP) is 4.27. The van der Waals surface area contributed by atoms with Crippen LogP contribution < -0.4 is 10.6 Å². The highest BCUT2D eigenvalue weighted by molar-refractivity contribution is 6.04. The Morgan fingerprint density at radius 2 is 1.55 bits per heavy atom. The number of anilines is 3. The van der Waals surface area contributed by atoms with Crippen LogP contribution in [0.25, 0.3) is 0 Å². The highest BCUT2D eigenvalue weighted by Gasteiger charge is 2.11. The predicted molar refractivity (Wildman–Crippen MR) is 112 cm³/mol. The lowest BCUT2D eigenvalue weighted by Crippen LogP contribution is -2.13. The number of rotatable bonds is 6. The van der Waals surface area contributed by atoms with Gasteiger partial charge in [0.2, 0.25) is 5.95 Å². The van der Waals surface area contributed by atoms with Gasteiger partial charge in [0.1, 0.15) is 0 Å². The number of carbonyl (C=O) groups is 2. The highest BCUT2D eigenvalue weighted by atomic mass is 16.5. The number of nitrogens with one attached hydrogen (secondary N) is 2. The van der Waals surface area contributed by atoms with E-state index in [-0.39, 0.29) is 5.91 Å². The third kappa shape index (κ3) is 4.95. The van der Waals surface area contributed by atoms with Crippen LogP contribution in [0.5, 0.6) is 0 Å². The molecule has 2 N–H and O–H groups in total. The number of carbonyl (C=O) groups excluding carboxylic acids is 2. The van der Waals surface area contributed by atoms with Crippen molar-refractivity contribution in [3.63, 3.8) is 0 Å². The number of ether oxygens (including phenoxy) is 1. The molecule has 1 amide bonds. The van der Waals surface area contributed by atoms with E-state index in [0.29, 0.717) is 29.4 Å². The van der Waals surface area contributed by atoms with E-state index in [1.807, 2.05) is 32.0 Å². The summed E-state index contributed by atoms with van der Waals surface area (Å²) in [7, 11) is 0. The van der Waals surface area contributed by atoms with Crippen molar-refractivity contribution >= 4 is 29.2 Å². The number of hydrogen-bond acceptors (Lipinski definition) is 6. The van der Waals surface area contributed by atoms with E-state index in [1.165, 1.54) is 12.4 Å². The zero-order valence-corrected chi connectivity index (χ0v) is 16.5. The lowest BCUT2D eigenvalue weighted by atomic mass is 10.1. The molecule has 0 atom stereocenters. The van der Waals surface area contributed by atoms with Crippen molar-refractivity contribution in [2.24, 2.45) is 0 Å². The van der Waals surface area contributed by atoms with Gasteiger partial charge in [-0.05, 0) is 56.2 Å². The molecule has 0 bridgehead atoms. The van der Waals surface area contributed by atoms with E-state index in [1.54, 1.807) is 31.2 Å². The molecular formula is C22H22N4O3. The van der Waals surface area contributed by atoms with Crippen LogP contribution in [0.4, 0.5) is 17.3 Å². The Bertz CT molecular complexity index is 995. The number of hydrogen-bond donors (Lipinski definition) is 2. The van der Waals surface area contributed by atoms with Crippen LogP contribution in [-0.2, 0) is 4.74 Å². The zero-order chi connectivity index (χ0) is 20.8. The minimum atomic E-state index is -0.397. The van der Waals surface area contributed by atoms with Crippen molar-refractivity contribution in [3.05, 3.63) is 77.1 Å². The van der Waals surface area contributed by atoms with E-state index in [4.69, 9.17) is 4.74 Å².